The number of hydrogen-bond donors (Lipinski definition) is 1. The molecule has 1 saturated heterocycles. The molecule has 4 rings (SSSR count). The number of rotatable bonds is 6. The number of nitrogens with zero attached hydrogens (tertiary/aromatic N) is 3. The first kappa shape index (κ1) is 22.8. The van der Waals surface area contributed by atoms with Gasteiger partial charge in [0, 0.05) is 36.7 Å². The molecule has 33 heavy (non-hydrogen) atoms. The van der Waals surface area contributed by atoms with Crippen molar-refractivity contribution in [3.05, 3.63) is 47.2 Å². The highest BCUT2D eigenvalue weighted by molar-refractivity contribution is 7.14. The summed E-state index contributed by atoms with van der Waals surface area (Å²) in [6.45, 7) is 1.13. The van der Waals surface area contributed by atoms with Gasteiger partial charge in [-0.15, -0.1) is 10.2 Å². The van der Waals surface area contributed by atoms with E-state index in [2.05, 4.69) is 15.5 Å². The van der Waals surface area contributed by atoms with Crippen LogP contribution in [0.3, 0.4) is 0 Å². The summed E-state index contributed by atoms with van der Waals surface area (Å²) >= 11 is 1.37. The van der Waals surface area contributed by atoms with E-state index in [9.17, 15) is 9.18 Å². The third-order valence-electron chi connectivity index (χ3n) is 5.52. The lowest BCUT2D eigenvalue weighted by molar-refractivity contribution is 0.192. The molecule has 10 heteroatoms. The minimum atomic E-state index is -0.324. The number of piperidine rings is 1. The maximum Gasteiger partial charge on any atom is 0.321 e. The molecule has 174 valence electrons. The van der Waals surface area contributed by atoms with Crippen molar-refractivity contribution in [3.8, 4) is 27.8 Å². The molecule has 2 amide bonds. The van der Waals surface area contributed by atoms with Gasteiger partial charge < -0.3 is 24.4 Å². The van der Waals surface area contributed by atoms with Crippen LogP contribution in [0.25, 0.3) is 10.6 Å². The van der Waals surface area contributed by atoms with E-state index in [0.717, 1.165) is 17.8 Å². The fourth-order valence-electron chi connectivity index (χ4n) is 3.86. The molecule has 1 aromatic heterocycles. The summed E-state index contributed by atoms with van der Waals surface area (Å²) in [6.07, 6.45) is 1.72. The largest absolute Gasteiger partial charge is 0.493 e. The smallest absolute Gasteiger partial charge is 0.321 e. The van der Waals surface area contributed by atoms with Crippen molar-refractivity contribution in [3.63, 3.8) is 0 Å². The van der Waals surface area contributed by atoms with E-state index in [0.29, 0.717) is 46.6 Å². The van der Waals surface area contributed by atoms with Crippen LogP contribution in [0.5, 0.6) is 17.2 Å². The number of aromatic nitrogens is 2. The zero-order valence-corrected chi connectivity index (χ0v) is 19.4. The molecule has 0 aliphatic carbocycles. The molecule has 2 heterocycles. The molecule has 1 aliphatic heterocycles. The Labute approximate surface area is 195 Å². The molecular weight excluding hydrogens is 447 g/mol. The van der Waals surface area contributed by atoms with Crippen LogP contribution in [0, 0.1) is 5.82 Å². The van der Waals surface area contributed by atoms with Crippen molar-refractivity contribution >= 4 is 23.1 Å². The Balaban J connectivity index is 1.47. The molecule has 0 radical (unpaired) electrons. The number of urea groups is 1. The number of carbonyl (C=O) groups is 1. The first-order chi connectivity index (χ1) is 16.0. The summed E-state index contributed by atoms with van der Waals surface area (Å²) in [5.41, 5.74) is 0.975. The van der Waals surface area contributed by atoms with Crippen LogP contribution in [0.1, 0.15) is 23.8 Å². The lowest BCUT2D eigenvalue weighted by Crippen LogP contribution is -2.41. The summed E-state index contributed by atoms with van der Waals surface area (Å²) in [6, 6.07) is 9.66. The molecule has 0 bridgehead atoms. The van der Waals surface area contributed by atoms with Gasteiger partial charge in [-0.3, -0.25) is 0 Å². The van der Waals surface area contributed by atoms with Gasteiger partial charge in [0.15, 0.2) is 16.5 Å². The molecule has 0 saturated carbocycles. The Morgan fingerprint density at radius 3 is 2.52 bits per heavy atom. The third kappa shape index (κ3) is 4.85. The number of anilines is 1. The van der Waals surface area contributed by atoms with Crippen LogP contribution < -0.4 is 19.5 Å². The fraction of sp³-hybridized carbons (Fsp3) is 0.348. The second-order valence-corrected chi connectivity index (χ2v) is 8.56. The standard InChI is InChI=1S/C23H25FN4O4S/c1-30-18-11-15(12-19(31-2)20(18)32-3)25-23(29)28-10-6-7-14(13-28)21-26-27-22(33-21)16-8-4-5-9-17(16)24/h4-5,8-9,11-12,14H,6-7,10,13H2,1-3H3,(H,25,29). The Kier molecular flexibility index (Phi) is 6.93. The first-order valence-electron chi connectivity index (χ1n) is 10.5. The SMILES string of the molecule is COc1cc(NC(=O)N2CCCC(c3nnc(-c4ccccc4F)s3)C2)cc(OC)c1OC. The van der Waals surface area contributed by atoms with Crippen molar-refractivity contribution in [1.29, 1.82) is 0 Å². The normalized spacial score (nSPS) is 15.8. The van der Waals surface area contributed by atoms with E-state index in [4.69, 9.17) is 14.2 Å². The highest BCUT2D eigenvalue weighted by Gasteiger charge is 2.28. The number of hydrogen-bond acceptors (Lipinski definition) is 7. The quantitative estimate of drug-likeness (QED) is 0.556. The number of methoxy groups -OCH3 is 3. The average Bonchev–Trinajstić information content (AvgIpc) is 3.33. The number of nitrogens with one attached hydrogen (secondary N) is 1. The van der Waals surface area contributed by atoms with Gasteiger partial charge in [-0.2, -0.15) is 0 Å². The lowest BCUT2D eigenvalue weighted by Gasteiger charge is -2.31. The van der Waals surface area contributed by atoms with E-state index in [-0.39, 0.29) is 17.8 Å². The zero-order chi connectivity index (χ0) is 23.4. The van der Waals surface area contributed by atoms with Crippen molar-refractivity contribution in [2.45, 2.75) is 18.8 Å². The van der Waals surface area contributed by atoms with Crippen molar-refractivity contribution in [2.24, 2.45) is 0 Å². The Morgan fingerprint density at radius 1 is 1.12 bits per heavy atom. The predicted octanol–water partition coefficient (Wildman–Crippen LogP) is 4.78. The van der Waals surface area contributed by atoms with E-state index >= 15 is 0 Å². The minimum absolute atomic E-state index is 0.0439. The Hall–Kier alpha value is -3.40. The van der Waals surface area contributed by atoms with Gasteiger partial charge >= 0.3 is 6.03 Å². The van der Waals surface area contributed by atoms with E-state index in [1.807, 2.05) is 0 Å². The Morgan fingerprint density at radius 2 is 1.85 bits per heavy atom. The second-order valence-electron chi connectivity index (χ2n) is 7.55. The summed E-state index contributed by atoms with van der Waals surface area (Å²) in [4.78, 5) is 14.7. The van der Waals surface area contributed by atoms with Crippen LogP contribution in [-0.2, 0) is 0 Å². The van der Waals surface area contributed by atoms with Crippen LogP contribution in [-0.4, -0.2) is 55.5 Å². The molecule has 1 N–H and O–H groups in total. The molecule has 1 unspecified atom stereocenters. The molecule has 8 nitrogen and oxygen atoms in total. The molecule has 1 aliphatic rings. The number of halogens is 1. The molecule has 3 aromatic rings. The number of benzene rings is 2. The van der Waals surface area contributed by atoms with Gasteiger partial charge in [0.25, 0.3) is 0 Å². The van der Waals surface area contributed by atoms with Gasteiger partial charge in [-0.25, -0.2) is 9.18 Å². The first-order valence-corrected chi connectivity index (χ1v) is 11.3. The molecular formula is C23H25FN4O4S. The van der Waals surface area contributed by atoms with E-state index < -0.39 is 0 Å². The maximum atomic E-state index is 14.1. The average molecular weight is 473 g/mol. The van der Waals surface area contributed by atoms with Gasteiger partial charge in [0.2, 0.25) is 5.75 Å². The van der Waals surface area contributed by atoms with Crippen LogP contribution in [0.15, 0.2) is 36.4 Å². The van der Waals surface area contributed by atoms with Crippen LogP contribution in [0.4, 0.5) is 14.9 Å². The monoisotopic (exact) mass is 472 g/mol. The molecule has 0 spiro atoms. The number of amides is 2. The number of likely N-dealkylation sites (tertiary alicyclic amines) is 1. The van der Waals surface area contributed by atoms with Crippen molar-refractivity contribution < 1.29 is 23.4 Å². The summed E-state index contributed by atoms with van der Waals surface area (Å²) in [7, 11) is 4.57. The van der Waals surface area contributed by atoms with Crippen LogP contribution in [0.2, 0.25) is 0 Å². The highest BCUT2D eigenvalue weighted by Crippen LogP contribution is 2.40. The predicted molar refractivity (Wildman–Crippen MR) is 124 cm³/mol. The lowest BCUT2D eigenvalue weighted by atomic mass is 9.99. The fourth-order valence-corrected chi connectivity index (χ4v) is 4.86. The van der Waals surface area contributed by atoms with Crippen molar-refractivity contribution in [2.75, 3.05) is 39.7 Å². The molecule has 1 atom stereocenters. The summed E-state index contributed by atoms with van der Waals surface area (Å²) in [5, 5.41) is 12.7. The summed E-state index contributed by atoms with van der Waals surface area (Å²) < 4.78 is 30.2. The van der Waals surface area contributed by atoms with Gasteiger partial charge in [-0.05, 0) is 25.0 Å². The third-order valence-corrected chi connectivity index (χ3v) is 6.64. The maximum absolute atomic E-state index is 14.1. The second kappa shape index (κ2) is 10.0. The van der Waals surface area contributed by atoms with Gasteiger partial charge in [-0.1, -0.05) is 23.5 Å². The topological polar surface area (TPSA) is 85.8 Å². The highest BCUT2D eigenvalue weighted by atomic mass is 32.1. The van der Waals surface area contributed by atoms with Crippen molar-refractivity contribution in [1.82, 2.24) is 15.1 Å². The number of ether oxygens (including phenoxy) is 3. The zero-order valence-electron chi connectivity index (χ0n) is 18.6. The van der Waals surface area contributed by atoms with Gasteiger partial charge in [0.05, 0.1) is 27.0 Å². The summed E-state index contributed by atoms with van der Waals surface area (Å²) in [5.74, 6) is 1.09. The Bertz CT molecular complexity index is 1110. The van der Waals surface area contributed by atoms with Gasteiger partial charge in [0.1, 0.15) is 10.8 Å². The minimum Gasteiger partial charge on any atom is -0.493 e. The van der Waals surface area contributed by atoms with E-state index in [1.165, 1.54) is 38.7 Å². The molecule has 2 aromatic carbocycles. The van der Waals surface area contributed by atoms with E-state index in [1.54, 1.807) is 35.2 Å². The molecule has 1 fully saturated rings. The van der Waals surface area contributed by atoms with Crippen LogP contribution >= 0.6 is 11.3 Å². The number of carbonyl (C=O) groups excluding carboxylic acids is 1.